The minimum Gasteiger partial charge on any atom is -0.503 e. The van der Waals surface area contributed by atoms with Gasteiger partial charge >= 0.3 is 5.69 Å². The molecule has 1 fully saturated rings. The maximum absolute atomic E-state index is 10.8. The van der Waals surface area contributed by atoms with Crippen molar-refractivity contribution in [3.8, 4) is 5.75 Å². The Balaban J connectivity index is 2.09. The van der Waals surface area contributed by atoms with Crippen LogP contribution in [0.2, 0.25) is 0 Å². The van der Waals surface area contributed by atoms with Crippen molar-refractivity contribution >= 4 is 11.4 Å². The predicted molar refractivity (Wildman–Crippen MR) is 70.5 cm³/mol. The van der Waals surface area contributed by atoms with Gasteiger partial charge in [0.05, 0.1) is 11.5 Å². The Kier molecular flexibility index (Phi) is 4.31. The largest absolute Gasteiger partial charge is 0.503 e. The van der Waals surface area contributed by atoms with Crippen molar-refractivity contribution < 1.29 is 9.66 Å². The van der Waals surface area contributed by atoms with Crippen molar-refractivity contribution in [1.29, 1.82) is 0 Å². The molecule has 0 spiro atoms. The van der Waals surface area contributed by atoms with E-state index in [-0.39, 0.29) is 23.2 Å². The monoisotopic (exact) mass is 261 g/mol. The molecule has 1 aromatic carbocycles. The lowest BCUT2D eigenvalue weighted by molar-refractivity contribution is -0.383. The number of hydrogen-bond acceptors (Lipinski definition) is 4. The van der Waals surface area contributed by atoms with Crippen molar-refractivity contribution in [1.82, 2.24) is 5.32 Å². The molecular formula is C13H15N3O3. The van der Waals surface area contributed by atoms with Gasteiger partial charge in [-0.1, -0.05) is 12.5 Å². The number of piperidine rings is 1. The van der Waals surface area contributed by atoms with Crippen molar-refractivity contribution in [2.24, 2.45) is 0 Å². The molecule has 100 valence electrons. The first-order chi connectivity index (χ1) is 9.22. The third-order valence-corrected chi connectivity index (χ3v) is 3.14. The standard InChI is InChI=1S/C13H15N3O3/c1-14-13-11(16(17)18)6-4-7-12(13)19-9-10-5-2-3-8-15-10/h4,6-7,10,15H,2-3,5,8-9H2/t10-/m1/s1. The second-order valence-electron chi connectivity index (χ2n) is 4.45. The molecule has 1 aliphatic rings. The van der Waals surface area contributed by atoms with Gasteiger partial charge in [0.2, 0.25) is 0 Å². The normalized spacial score (nSPS) is 18.6. The summed E-state index contributed by atoms with van der Waals surface area (Å²) in [6.45, 7) is 8.47. The van der Waals surface area contributed by atoms with Crippen molar-refractivity contribution in [3.05, 3.63) is 39.7 Å². The van der Waals surface area contributed by atoms with Crippen LogP contribution < -0.4 is 10.1 Å². The zero-order chi connectivity index (χ0) is 13.7. The molecule has 1 heterocycles. The number of hydrogen-bond donors (Lipinski definition) is 1. The van der Waals surface area contributed by atoms with Gasteiger partial charge in [0.25, 0.3) is 5.69 Å². The van der Waals surface area contributed by atoms with Gasteiger partial charge in [-0.3, -0.25) is 10.1 Å². The number of rotatable bonds is 4. The number of nitro benzene ring substituents is 1. The molecular weight excluding hydrogens is 246 g/mol. The van der Waals surface area contributed by atoms with Gasteiger partial charge in [-0.05, 0) is 25.5 Å². The summed E-state index contributed by atoms with van der Waals surface area (Å²) in [4.78, 5) is 13.5. The summed E-state index contributed by atoms with van der Waals surface area (Å²) in [5.74, 6) is 0.288. The zero-order valence-corrected chi connectivity index (χ0v) is 10.5. The van der Waals surface area contributed by atoms with Gasteiger partial charge in [0, 0.05) is 12.1 Å². The lowest BCUT2D eigenvalue weighted by Crippen LogP contribution is -2.38. The zero-order valence-electron chi connectivity index (χ0n) is 10.5. The van der Waals surface area contributed by atoms with Crippen LogP contribution in [0, 0.1) is 16.7 Å². The SMILES string of the molecule is [C-]#[N+]c1c(OC[C@H]2CCCCN2)cccc1[N+](=O)[O-]. The summed E-state index contributed by atoms with van der Waals surface area (Å²) in [5.41, 5.74) is -0.229. The molecule has 1 saturated heterocycles. The summed E-state index contributed by atoms with van der Waals surface area (Å²) in [7, 11) is 0. The van der Waals surface area contributed by atoms with Gasteiger partial charge in [0.15, 0.2) is 0 Å². The molecule has 19 heavy (non-hydrogen) atoms. The van der Waals surface area contributed by atoms with Crippen LogP contribution in [-0.4, -0.2) is 24.1 Å². The predicted octanol–water partition coefficient (Wildman–Crippen LogP) is 2.67. The van der Waals surface area contributed by atoms with Crippen LogP contribution in [0.5, 0.6) is 5.75 Å². The lowest BCUT2D eigenvalue weighted by Gasteiger charge is -2.23. The van der Waals surface area contributed by atoms with Crippen LogP contribution >= 0.6 is 0 Å². The van der Waals surface area contributed by atoms with E-state index in [0.29, 0.717) is 6.61 Å². The summed E-state index contributed by atoms with van der Waals surface area (Å²) < 4.78 is 5.58. The molecule has 1 atom stereocenters. The summed E-state index contributed by atoms with van der Waals surface area (Å²) >= 11 is 0. The second kappa shape index (κ2) is 6.16. The van der Waals surface area contributed by atoms with E-state index in [4.69, 9.17) is 11.3 Å². The molecule has 6 heteroatoms. The maximum atomic E-state index is 10.8. The Morgan fingerprint density at radius 1 is 1.53 bits per heavy atom. The molecule has 0 saturated carbocycles. The third kappa shape index (κ3) is 3.20. The number of para-hydroxylation sites is 1. The average Bonchev–Trinajstić information content (AvgIpc) is 2.45. The van der Waals surface area contributed by atoms with Crippen molar-refractivity contribution in [2.45, 2.75) is 25.3 Å². The maximum Gasteiger partial charge on any atom is 0.303 e. The van der Waals surface area contributed by atoms with E-state index in [2.05, 4.69) is 10.2 Å². The van der Waals surface area contributed by atoms with Gasteiger partial charge < -0.3 is 10.1 Å². The highest BCUT2D eigenvalue weighted by molar-refractivity contribution is 5.70. The highest BCUT2D eigenvalue weighted by Gasteiger charge is 2.20. The molecule has 0 aromatic heterocycles. The first-order valence-corrected chi connectivity index (χ1v) is 6.23. The van der Waals surface area contributed by atoms with Crippen LogP contribution in [0.15, 0.2) is 18.2 Å². The van der Waals surface area contributed by atoms with Crippen LogP contribution in [0.3, 0.4) is 0 Å². The first-order valence-electron chi connectivity index (χ1n) is 6.23. The van der Waals surface area contributed by atoms with Crippen molar-refractivity contribution in [2.75, 3.05) is 13.2 Å². The minimum atomic E-state index is -0.556. The Morgan fingerprint density at radius 2 is 2.37 bits per heavy atom. The molecule has 0 unspecified atom stereocenters. The Bertz CT molecular complexity index is 504. The molecule has 0 amide bonds. The van der Waals surface area contributed by atoms with Gasteiger partial charge in [-0.2, -0.15) is 0 Å². The van der Waals surface area contributed by atoms with E-state index in [1.165, 1.54) is 18.6 Å². The van der Waals surface area contributed by atoms with Gasteiger partial charge in [-0.25, -0.2) is 4.85 Å². The smallest absolute Gasteiger partial charge is 0.303 e. The van der Waals surface area contributed by atoms with E-state index in [0.717, 1.165) is 19.4 Å². The van der Waals surface area contributed by atoms with Crippen LogP contribution in [-0.2, 0) is 0 Å². The quantitative estimate of drug-likeness (QED) is 0.514. The second-order valence-corrected chi connectivity index (χ2v) is 4.45. The van der Waals surface area contributed by atoms with E-state index < -0.39 is 4.92 Å². The fourth-order valence-corrected chi connectivity index (χ4v) is 2.14. The lowest BCUT2D eigenvalue weighted by atomic mass is 10.1. The molecule has 1 aliphatic heterocycles. The highest BCUT2D eigenvalue weighted by Crippen LogP contribution is 2.36. The number of ether oxygens (including phenoxy) is 1. The molecule has 0 radical (unpaired) electrons. The number of benzene rings is 1. The van der Waals surface area contributed by atoms with E-state index in [1.807, 2.05) is 0 Å². The first kappa shape index (κ1) is 13.3. The Labute approximate surface area is 111 Å². The van der Waals surface area contributed by atoms with E-state index >= 15 is 0 Å². The summed E-state index contributed by atoms with van der Waals surface area (Å²) in [6, 6.07) is 4.71. The molecule has 1 N–H and O–H groups in total. The molecule has 2 rings (SSSR count). The van der Waals surface area contributed by atoms with Gasteiger partial charge in [-0.15, -0.1) is 0 Å². The minimum absolute atomic E-state index is 0.0247. The van der Waals surface area contributed by atoms with Crippen molar-refractivity contribution in [3.63, 3.8) is 0 Å². The van der Waals surface area contributed by atoms with Crippen LogP contribution in [0.25, 0.3) is 4.85 Å². The number of nitrogens with one attached hydrogen (secondary N) is 1. The molecule has 0 aliphatic carbocycles. The highest BCUT2D eigenvalue weighted by atomic mass is 16.6. The topological polar surface area (TPSA) is 68.8 Å². The number of nitro groups is 1. The van der Waals surface area contributed by atoms with Crippen LogP contribution in [0.1, 0.15) is 19.3 Å². The van der Waals surface area contributed by atoms with Crippen LogP contribution in [0.4, 0.5) is 11.4 Å². The average molecular weight is 261 g/mol. The fourth-order valence-electron chi connectivity index (χ4n) is 2.14. The molecule has 0 bridgehead atoms. The Hall–Kier alpha value is -2.13. The summed E-state index contributed by atoms with van der Waals surface area (Å²) in [5, 5.41) is 14.2. The van der Waals surface area contributed by atoms with Gasteiger partial charge in [0.1, 0.15) is 12.4 Å². The van der Waals surface area contributed by atoms with E-state index in [9.17, 15) is 10.1 Å². The Morgan fingerprint density at radius 3 is 3.00 bits per heavy atom. The molecule has 6 nitrogen and oxygen atoms in total. The fraction of sp³-hybridized carbons (Fsp3) is 0.462. The number of nitrogens with zero attached hydrogens (tertiary/aromatic N) is 2. The summed E-state index contributed by atoms with van der Waals surface area (Å²) in [6.07, 6.45) is 3.36. The molecule has 1 aromatic rings. The van der Waals surface area contributed by atoms with E-state index in [1.54, 1.807) is 6.07 Å². The third-order valence-electron chi connectivity index (χ3n) is 3.14.